The Labute approximate surface area is 111 Å². The summed E-state index contributed by atoms with van der Waals surface area (Å²) in [6.45, 7) is 2.89. The van der Waals surface area contributed by atoms with Crippen LogP contribution in [0.4, 0.5) is 14.5 Å². The molecule has 1 saturated heterocycles. The van der Waals surface area contributed by atoms with Gasteiger partial charge in [-0.3, -0.25) is 0 Å². The lowest BCUT2D eigenvalue weighted by atomic mass is 9.88. The molecule has 2 N–H and O–H groups in total. The first-order valence-electron chi connectivity index (χ1n) is 5.95. The van der Waals surface area contributed by atoms with E-state index in [0.29, 0.717) is 18.8 Å². The number of nitrogens with zero attached hydrogens (tertiary/aromatic N) is 1. The summed E-state index contributed by atoms with van der Waals surface area (Å²) >= 11 is 0. The number of rotatable bonds is 4. The van der Waals surface area contributed by atoms with Crippen LogP contribution >= 0.6 is 0 Å². The van der Waals surface area contributed by atoms with Gasteiger partial charge in [-0.25, -0.2) is 8.42 Å². The molecule has 0 atom stereocenters. The maximum atomic E-state index is 12.7. The first-order valence-corrected chi connectivity index (χ1v) is 7.50. The van der Waals surface area contributed by atoms with Crippen molar-refractivity contribution in [3.63, 3.8) is 0 Å². The van der Waals surface area contributed by atoms with Crippen molar-refractivity contribution in [2.24, 2.45) is 5.73 Å². The summed E-state index contributed by atoms with van der Waals surface area (Å²) in [5.41, 5.74) is 5.95. The minimum absolute atomic E-state index is 0.303. The topological polar surface area (TPSA) is 63.4 Å². The van der Waals surface area contributed by atoms with Gasteiger partial charge in [0.25, 0.3) is 0 Å². The Morgan fingerprint density at radius 3 is 2.47 bits per heavy atom. The predicted molar refractivity (Wildman–Crippen MR) is 69.1 cm³/mol. The summed E-state index contributed by atoms with van der Waals surface area (Å²) in [5, 5.41) is 0. The van der Waals surface area contributed by atoms with Crippen molar-refractivity contribution in [3.8, 4) is 0 Å². The van der Waals surface area contributed by atoms with Crippen molar-refractivity contribution in [3.05, 3.63) is 24.3 Å². The highest BCUT2D eigenvalue weighted by molar-refractivity contribution is 7.91. The van der Waals surface area contributed by atoms with Crippen LogP contribution in [0.2, 0.25) is 0 Å². The van der Waals surface area contributed by atoms with E-state index in [-0.39, 0.29) is 10.4 Å². The maximum Gasteiger partial charge on any atom is 0.341 e. The molecule has 1 fully saturated rings. The third kappa shape index (κ3) is 2.44. The van der Waals surface area contributed by atoms with E-state index in [0.717, 1.165) is 6.42 Å². The van der Waals surface area contributed by atoms with Gasteiger partial charge in [-0.05, 0) is 18.6 Å². The molecule has 0 aromatic heterocycles. The zero-order chi connectivity index (χ0) is 14.3. The Bertz CT molecular complexity index is 569. The lowest BCUT2D eigenvalue weighted by molar-refractivity contribution is 0.234. The average Bonchev–Trinajstić information content (AvgIpc) is 2.34. The van der Waals surface area contributed by atoms with Gasteiger partial charge in [0.1, 0.15) is 0 Å². The second-order valence-electron chi connectivity index (χ2n) is 4.85. The smallest absolute Gasteiger partial charge is 0.341 e. The SMILES string of the molecule is CCC1(N)CN(c2ccccc2S(=O)(=O)C(F)F)C1. The number of hydrogen-bond donors (Lipinski definition) is 1. The summed E-state index contributed by atoms with van der Waals surface area (Å²) in [6.07, 6.45) is 0.757. The summed E-state index contributed by atoms with van der Waals surface area (Å²) in [6, 6.07) is 5.81. The largest absolute Gasteiger partial charge is 0.367 e. The molecule has 0 radical (unpaired) electrons. The number of hydrogen-bond acceptors (Lipinski definition) is 4. The molecule has 0 amide bonds. The van der Waals surface area contributed by atoms with Crippen LogP contribution in [-0.2, 0) is 9.84 Å². The van der Waals surface area contributed by atoms with Crippen LogP contribution in [-0.4, -0.2) is 32.8 Å². The minimum atomic E-state index is -4.59. The lowest BCUT2D eigenvalue weighted by Crippen LogP contribution is -2.67. The summed E-state index contributed by atoms with van der Waals surface area (Å²) < 4.78 is 48.5. The van der Waals surface area contributed by atoms with E-state index in [1.807, 2.05) is 6.92 Å². The van der Waals surface area contributed by atoms with Crippen molar-refractivity contribution in [2.75, 3.05) is 18.0 Å². The Balaban J connectivity index is 2.35. The zero-order valence-corrected chi connectivity index (χ0v) is 11.3. The van der Waals surface area contributed by atoms with Gasteiger partial charge in [0.2, 0.25) is 9.84 Å². The number of alkyl halides is 2. The Hall–Kier alpha value is -1.21. The second kappa shape index (κ2) is 4.72. The Morgan fingerprint density at radius 2 is 1.95 bits per heavy atom. The van der Waals surface area contributed by atoms with Gasteiger partial charge in [0, 0.05) is 13.1 Å². The fraction of sp³-hybridized carbons (Fsp3) is 0.500. The van der Waals surface area contributed by atoms with Gasteiger partial charge in [0.15, 0.2) is 0 Å². The summed E-state index contributed by atoms with van der Waals surface area (Å²) in [7, 11) is -4.59. The van der Waals surface area contributed by atoms with Gasteiger partial charge in [-0.15, -0.1) is 0 Å². The molecule has 0 unspecified atom stereocenters. The number of para-hydroxylation sites is 1. The molecule has 1 aliphatic heterocycles. The van der Waals surface area contributed by atoms with E-state index in [1.54, 1.807) is 11.0 Å². The van der Waals surface area contributed by atoms with Crippen molar-refractivity contribution < 1.29 is 17.2 Å². The molecule has 2 rings (SSSR count). The molecular formula is C12H16F2N2O2S. The minimum Gasteiger partial charge on any atom is -0.367 e. The fourth-order valence-corrected chi connectivity index (χ4v) is 3.11. The molecule has 1 aromatic rings. The molecule has 0 spiro atoms. The summed E-state index contributed by atoms with van der Waals surface area (Å²) in [4.78, 5) is 1.39. The van der Waals surface area contributed by atoms with Gasteiger partial charge < -0.3 is 10.6 Å². The zero-order valence-electron chi connectivity index (χ0n) is 10.5. The number of nitrogens with two attached hydrogens (primary N) is 1. The lowest BCUT2D eigenvalue weighted by Gasteiger charge is -2.49. The number of halogens is 2. The first kappa shape index (κ1) is 14.2. The highest BCUT2D eigenvalue weighted by Crippen LogP contribution is 2.34. The molecule has 0 aliphatic carbocycles. The van der Waals surface area contributed by atoms with Gasteiger partial charge in [0.05, 0.1) is 16.1 Å². The van der Waals surface area contributed by atoms with Gasteiger partial charge in [-0.1, -0.05) is 19.1 Å². The molecule has 1 heterocycles. The normalized spacial score (nSPS) is 18.5. The highest BCUT2D eigenvalue weighted by Gasteiger charge is 2.40. The van der Waals surface area contributed by atoms with Crippen LogP contribution in [0.1, 0.15) is 13.3 Å². The Morgan fingerprint density at radius 1 is 1.37 bits per heavy atom. The monoisotopic (exact) mass is 290 g/mol. The van der Waals surface area contributed by atoms with E-state index in [2.05, 4.69) is 0 Å². The molecule has 106 valence electrons. The van der Waals surface area contributed by atoms with E-state index in [9.17, 15) is 17.2 Å². The van der Waals surface area contributed by atoms with Crippen LogP contribution in [0.15, 0.2) is 29.2 Å². The molecular weight excluding hydrogens is 274 g/mol. The van der Waals surface area contributed by atoms with Crippen molar-refractivity contribution >= 4 is 15.5 Å². The number of sulfone groups is 1. The third-order valence-electron chi connectivity index (χ3n) is 3.46. The molecule has 19 heavy (non-hydrogen) atoms. The van der Waals surface area contributed by atoms with Crippen LogP contribution in [0.5, 0.6) is 0 Å². The second-order valence-corrected chi connectivity index (χ2v) is 6.73. The predicted octanol–water partition coefficient (Wildman–Crippen LogP) is 1.61. The Kier molecular flexibility index (Phi) is 3.53. The third-order valence-corrected chi connectivity index (χ3v) is 4.89. The summed E-state index contributed by atoms with van der Waals surface area (Å²) in [5.74, 6) is -3.41. The number of benzene rings is 1. The van der Waals surface area contributed by atoms with Crippen molar-refractivity contribution in [1.82, 2.24) is 0 Å². The van der Waals surface area contributed by atoms with Gasteiger partial charge in [-0.2, -0.15) is 8.78 Å². The number of anilines is 1. The first-order chi connectivity index (χ1) is 8.80. The fourth-order valence-electron chi connectivity index (χ4n) is 2.16. The van der Waals surface area contributed by atoms with Crippen LogP contribution in [0, 0.1) is 0 Å². The van der Waals surface area contributed by atoms with Crippen LogP contribution in [0.25, 0.3) is 0 Å². The van der Waals surface area contributed by atoms with Crippen LogP contribution in [0.3, 0.4) is 0 Å². The van der Waals surface area contributed by atoms with Gasteiger partial charge >= 0.3 is 5.76 Å². The molecule has 0 saturated carbocycles. The molecule has 7 heteroatoms. The molecule has 1 aliphatic rings. The molecule has 1 aromatic carbocycles. The molecule has 0 bridgehead atoms. The van der Waals surface area contributed by atoms with E-state index in [1.165, 1.54) is 18.2 Å². The standard InChI is InChI=1S/C12H16F2N2O2S/c1-2-12(15)7-16(8-12)9-5-3-4-6-10(9)19(17,18)11(13)14/h3-6,11H,2,7-8,15H2,1H3. The highest BCUT2D eigenvalue weighted by atomic mass is 32.2. The maximum absolute atomic E-state index is 12.7. The van der Waals surface area contributed by atoms with E-state index in [4.69, 9.17) is 5.73 Å². The quantitative estimate of drug-likeness (QED) is 0.915. The molecule has 4 nitrogen and oxygen atoms in total. The van der Waals surface area contributed by atoms with Crippen LogP contribution < -0.4 is 10.6 Å². The van der Waals surface area contributed by atoms with E-state index < -0.39 is 15.6 Å². The average molecular weight is 290 g/mol. The van der Waals surface area contributed by atoms with E-state index >= 15 is 0 Å². The van der Waals surface area contributed by atoms with Crippen molar-refractivity contribution in [1.29, 1.82) is 0 Å². The van der Waals surface area contributed by atoms with Crippen molar-refractivity contribution in [2.45, 2.75) is 29.5 Å².